The monoisotopic (exact) mass is 276 g/mol. The molecule has 0 amide bonds. The third-order valence-corrected chi connectivity index (χ3v) is 4.45. The van der Waals surface area contributed by atoms with Crippen LogP contribution in [-0.2, 0) is 10.0 Å². The molecule has 0 saturated heterocycles. The lowest BCUT2D eigenvalue weighted by Gasteiger charge is -2.09. The topological polar surface area (TPSA) is 72.2 Å². The Morgan fingerprint density at radius 2 is 2.06 bits per heavy atom. The van der Waals surface area contributed by atoms with E-state index in [-0.39, 0.29) is 4.90 Å². The van der Waals surface area contributed by atoms with Gasteiger partial charge in [0.1, 0.15) is 0 Å². The van der Waals surface area contributed by atoms with Crippen LogP contribution in [0.25, 0.3) is 0 Å². The van der Waals surface area contributed by atoms with Crippen LogP contribution in [0.3, 0.4) is 0 Å². The molecule has 1 rings (SSSR count). The standard InChI is InChI=1S/C11H17ClN2O2S/c1-9-10(12)5-4-6-11(9)17(15,16)14-8-3-2-7-13/h4-6,14H,2-3,7-8,13H2,1H3. The Kier molecular flexibility index (Phi) is 5.39. The lowest BCUT2D eigenvalue weighted by Crippen LogP contribution is -2.25. The molecule has 0 aliphatic carbocycles. The highest BCUT2D eigenvalue weighted by molar-refractivity contribution is 7.89. The van der Waals surface area contributed by atoms with Gasteiger partial charge in [0, 0.05) is 11.6 Å². The molecule has 0 spiro atoms. The van der Waals surface area contributed by atoms with Gasteiger partial charge in [-0.1, -0.05) is 17.7 Å². The third kappa shape index (κ3) is 3.96. The van der Waals surface area contributed by atoms with Crippen LogP contribution >= 0.6 is 11.6 Å². The van der Waals surface area contributed by atoms with Crippen molar-refractivity contribution in [1.82, 2.24) is 4.72 Å². The lowest BCUT2D eigenvalue weighted by atomic mass is 10.2. The molecule has 4 nitrogen and oxygen atoms in total. The van der Waals surface area contributed by atoms with Gasteiger partial charge in [0.2, 0.25) is 10.0 Å². The molecule has 0 aliphatic heterocycles. The largest absolute Gasteiger partial charge is 0.330 e. The second kappa shape index (κ2) is 6.35. The van der Waals surface area contributed by atoms with E-state index in [1.54, 1.807) is 25.1 Å². The van der Waals surface area contributed by atoms with Gasteiger partial charge in [0.05, 0.1) is 4.90 Å². The molecule has 0 radical (unpaired) electrons. The van der Waals surface area contributed by atoms with Gasteiger partial charge >= 0.3 is 0 Å². The molecule has 1 aromatic rings. The van der Waals surface area contributed by atoms with Crippen LogP contribution in [0, 0.1) is 6.92 Å². The molecule has 0 saturated carbocycles. The fourth-order valence-corrected chi connectivity index (χ4v) is 3.00. The van der Waals surface area contributed by atoms with Gasteiger partial charge in [0.25, 0.3) is 0 Å². The van der Waals surface area contributed by atoms with Crippen molar-refractivity contribution in [2.24, 2.45) is 5.73 Å². The first-order valence-corrected chi connectivity index (χ1v) is 7.30. The van der Waals surface area contributed by atoms with E-state index in [9.17, 15) is 8.42 Å². The molecule has 17 heavy (non-hydrogen) atoms. The third-order valence-electron chi connectivity index (χ3n) is 2.43. The van der Waals surface area contributed by atoms with Gasteiger partial charge in [-0.05, 0) is 44.0 Å². The SMILES string of the molecule is Cc1c(Cl)cccc1S(=O)(=O)NCCCCN. The molecule has 0 aliphatic rings. The average molecular weight is 277 g/mol. The quantitative estimate of drug-likeness (QED) is 0.776. The van der Waals surface area contributed by atoms with Crippen molar-refractivity contribution in [2.75, 3.05) is 13.1 Å². The summed E-state index contributed by atoms with van der Waals surface area (Å²) in [7, 11) is -3.47. The Balaban J connectivity index is 2.79. The van der Waals surface area contributed by atoms with E-state index in [0.717, 1.165) is 12.8 Å². The number of benzene rings is 1. The van der Waals surface area contributed by atoms with Gasteiger partial charge in [0.15, 0.2) is 0 Å². The molecular weight excluding hydrogens is 260 g/mol. The summed E-state index contributed by atoms with van der Waals surface area (Å²) in [6.07, 6.45) is 1.53. The highest BCUT2D eigenvalue weighted by Crippen LogP contribution is 2.22. The van der Waals surface area contributed by atoms with Crippen LogP contribution in [0.1, 0.15) is 18.4 Å². The first-order chi connectivity index (χ1) is 7.99. The Morgan fingerprint density at radius 3 is 2.71 bits per heavy atom. The smallest absolute Gasteiger partial charge is 0.240 e. The molecule has 0 bridgehead atoms. The maximum Gasteiger partial charge on any atom is 0.240 e. The molecule has 6 heteroatoms. The summed E-state index contributed by atoms with van der Waals surface area (Å²) in [6, 6.07) is 4.85. The van der Waals surface area contributed by atoms with Crippen molar-refractivity contribution in [1.29, 1.82) is 0 Å². The zero-order chi connectivity index (χ0) is 12.9. The van der Waals surface area contributed by atoms with Crippen molar-refractivity contribution < 1.29 is 8.42 Å². The Morgan fingerprint density at radius 1 is 1.35 bits per heavy atom. The number of halogens is 1. The minimum atomic E-state index is -3.47. The maximum atomic E-state index is 12.0. The summed E-state index contributed by atoms with van der Waals surface area (Å²) in [4.78, 5) is 0.234. The molecule has 0 unspecified atom stereocenters. The van der Waals surface area contributed by atoms with Crippen molar-refractivity contribution >= 4 is 21.6 Å². The first-order valence-electron chi connectivity index (χ1n) is 5.44. The number of nitrogens with two attached hydrogens (primary N) is 1. The zero-order valence-electron chi connectivity index (χ0n) is 9.74. The van der Waals surface area contributed by atoms with Crippen LogP contribution in [0.2, 0.25) is 5.02 Å². The number of hydrogen-bond donors (Lipinski definition) is 2. The first kappa shape index (κ1) is 14.4. The van der Waals surface area contributed by atoms with Crippen LogP contribution in [0.5, 0.6) is 0 Å². The van der Waals surface area contributed by atoms with E-state index < -0.39 is 10.0 Å². The van der Waals surface area contributed by atoms with E-state index in [1.165, 1.54) is 0 Å². The minimum absolute atomic E-state index is 0.234. The van der Waals surface area contributed by atoms with E-state index in [2.05, 4.69) is 4.72 Å². The van der Waals surface area contributed by atoms with Crippen molar-refractivity contribution in [3.05, 3.63) is 28.8 Å². The summed E-state index contributed by atoms with van der Waals surface area (Å²) < 4.78 is 26.5. The van der Waals surface area contributed by atoms with Gasteiger partial charge in [-0.25, -0.2) is 13.1 Å². The number of sulfonamides is 1. The highest BCUT2D eigenvalue weighted by Gasteiger charge is 2.16. The maximum absolute atomic E-state index is 12.0. The number of rotatable bonds is 6. The van der Waals surface area contributed by atoms with E-state index in [0.29, 0.717) is 23.7 Å². The normalized spacial score (nSPS) is 11.7. The van der Waals surface area contributed by atoms with Crippen molar-refractivity contribution in [2.45, 2.75) is 24.7 Å². The fourth-order valence-electron chi connectivity index (χ4n) is 1.43. The van der Waals surface area contributed by atoms with Crippen molar-refractivity contribution in [3.63, 3.8) is 0 Å². The lowest BCUT2D eigenvalue weighted by molar-refractivity contribution is 0.576. The highest BCUT2D eigenvalue weighted by atomic mass is 35.5. The molecule has 96 valence electrons. The van der Waals surface area contributed by atoms with Gasteiger partial charge < -0.3 is 5.73 Å². The molecule has 1 aromatic carbocycles. The molecule has 0 fully saturated rings. The second-order valence-electron chi connectivity index (χ2n) is 3.76. The summed E-state index contributed by atoms with van der Waals surface area (Å²) in [5.41, 5.74) is 5.91. The van der Waals surface area contributed by atoms with Crippen LogP contribution in [-0.4, -0.2) is 21.5 Å². The Hall–Kier alpha value is -0.620. The van der Waals surface area contributed by atoms with E-state index in [4.69, 9.17) is 17.3 Å². The van der Waals surface area contributed by atoms with E-state index >= 15 is 0 Å². The van der Waals surface area contributed by atoms with Gasteiger partial charge in [-0.15, -0.1) is 0 Å². The predicted octanol–water partition coefficient (Wildman–Crippen LogP) is 1.67. The van der Waals surface area contributed by atoms with Crippen LogP contribution in [0.4, 0.5) is 0 Å². The minimum Gasteiger partial charge on any atom is -0.330 e. The molecule has 0 aromatic heterocycles. The average Bonchev–Trinajstić information content (AvgIpc) is 2.28. The number of hydrogen-bond acceptors (Lipinski definition) is 3. The second-order valence-corrected chi connectivity index (χ2v) is 5.90. The van der Waals surface area contributed by atoms with E-state index in [1.807, 2.05) is 0 Å². The van der Waals surface area contributed by atoms with Crippen LogP contribution < -0.4 is 10.5 Å². The van der Waals surface area contributed by atoms with Crippen molar-refractivity contribution in [3.8, 4) is 0 Å². The summed E-state index contributed by atoms with van der Waals surface area (Å²) in [6.45, 7) is 2.65. The summed E-state index contributed by atoms with van der Waals surface area (Å²) in [5.74, 6) is 0. The van der Waals surface area contributed by atoms with Gasteiger partial charge in [-0.3, -0.25) is 0 Å². The molecular formula is C11H17ClN2O2S. The molecule has 0 atom stereocenters. The fraction of sp³-hybridized carbons (Fsp3) is 0.455. The Labute approximate surface area is 107 Å². The summed E-state index contributed by atoms with van der Waals surface area (Å²) in [5, 5.41) is 0.454. The van der Waals surface area contributed by atoms with Crippen LogP contribution in [0.15, 0.2) is 23.1 Å². The number of unbranched alkanes of at least 4 members (excludes halogenated alkanes) is 1. The predicted molar refractivity (Wildman–Crippen MR) is 69.7 cm³/mol. The summed E-state index contributed by atoms with van der Waals surface area (Å²) >= 11 is 5.89. The molecule has 3 N–H and O–H groups in total. The van der Waals surface area contributed by atoms with Gasteiger partial charge in [-0.2, -0.15) is 0 Å². The zero-order valence-corrected chi connectivity index (χ0v) is 11.3. The number of nitrogens with one attached hydrogen (secondary N) is 1. The Bertz CT molecular complexity index is 474. The molecule has 0 heterocycles.